The highest BCUT2D eigenvalue weighted by Crippen LogP contribution is 2.17. The molecule has 2 rings (SSSR count). The Balaban J connectivity index is 0.00000162. The van der Waals surface area contributed by atoms with Gasteiger partial charge in [0.25, 0.3) is 0 Å². The van der Waals surface area contributed by atoms with Gasteiger partial charge in [-0.1, -0.05) is 6.92 Å². The molecule has 0 saturated carbocycles. The molecule has 2 aliphatic rings. The summed E-state index contributed by atoms with van der Waals surface area (Å²) in [7, 11) is 0. The Labute approximate surface area is 116 Å². The van der Waals surface area contributed by atoms with Gasteiger partial charge in [-0.15, -0.1) is 12.4 Å². The summed E-state index contributed by atoms with van der Waals surface area (Å²) in [6.45, 7) is 5.07. The van der Waals surface area contributed by atoms with Gasteiger partial charge in [-0.25, -0.2) is 0 Å². The molecule has 0 aromatic carbocycles. The van der Waals surface area contributed by atoms with Crippen LogP contribution in [0.2, 0.25) is 0 Å². The minimum atomic E-state index is 0. The zero-order valence-corrected chi connectivity index (χ0v) is 11.9. The summed E-state index contributed by atoms with van der Waals surface area (Å²) in [5.74, 6) is 0.768. The van der Waals surface area contributed by atoms with E-state index in [0.29, 0.717) is 24.5 Å². The lowest BCUT2D eigenvalue weighted by Gasteiger charge is -2.30. The van der Waals surface area contributed by atoms with Crippen molar-refractivity contribution in [3.8, 4) is 0 Å². The van der Waals surface area contributed by atoms with Crippen LogP contribution in [-0.4, -0.2) is 37.7 Å². The van der Waals surface area contributed by atoms with Crippen LogP contribution >= 0.6 is 12.4 Å². The monoisotopic (exact) mass is 276 g/mol. The fourth-order valence-electron chi connectivity index (χ4n) is 2.63. The maximum Gasteiger partial charge on any atom is 0.220 e. The van der Waals surface area contributed by atoms with Crippen molar-refractivity contribution in [3.63, 3.8) is 0 Å². The first kappa shape index (κ1) is 15.7. The molecule has 2 fully saturated rings. The van der Waals surface area contributed by atoms with Gasteiger partial charge in [-0.05, 0) is 38.1 Å². The molecule has 18 heavy (non-hydrogen) atoms. The summed E-state index contributed by atoms with van der Waals surface area (Å²) in [5, 5.41) is 6.46. The number of nitrogens with one attached hydrogen (secondary N) is 2. The summed E-state index contributed by atoms with van der Waals surface area (Å²) in [6.07, 6.45) is 5.22. The second-order valence-electron chi connectivity index (χ2n) is 5.32. The van der Waals surface area contributed by atoms with Crippen LogP contribution in [-0.2, 0) is 9.53 Å². The summed E-state index contributed by atoms with van der Waals surface area (Å²) in [5.41, 5.74) is 0. The highest BCUT2D eigenvalue weighted by molar-refractivity contribution is 5.85. The molecule has 3 unspecified atom stereocenters. The normalized spacial score (nSPS) is 31.7. The predicted octanol–water partition coefficient (Wildman–Crippen LogP) is 1.48. The molecule has 2 aliphatic heterocycles. The van der Waals surface area contributed by atoms with Crippen LogP contribution < -0.4 is 10.6 Å². The second kappa shape index (κ2) is 7.97. The van der Waals surface area contributed by atoms with Gasteiger partial charge in [0.1, 0.15) is 0 Å². The predicted molar refractivity (Wildman–Crippen MR) is 74.0 cm³/mol. The van der Waals surface area contributed by atoms with Gasteiger partial charge < -0.3 is 15.4 Å². The zero-order chi connectivity index (χ0) is 12.1. The number of carbonyl (C=O) groups is 1. The summed E-state index contributed by atoms with van der Waals surface area (Å²) in [6, 6.07) is 0.306. The number of rotatable bonds is 4. The Kier molecular flexibility index (Phi) is 6.97. The molecule has 0 radical (unpaired) electrons. The standard InChI is InChI=1S/C13H24N2O2.ClH/c1-10-6-7-14-9-12(10)15-13(16)5-4-11-3-2-8-17-11;/h10-12,14H,2-9H2,1H3,(H,15,16);1H. The van der Waals surface area contributed by atoms with E-state index in [9.17, 15) is 4.79 Å². The van der Waals surface area contributed by atoms with Crippen molar-refractivity contribution >= 4 is 18.3 Å². The van der Waals surface area contributed by atoms with Gasteiger partial charge in [0.15, 0.2) is 0 Å². The third-order valence-corrected chi connectivity index (χ3v) is 3.89. The third-order valence-electron chi connectivity index (χ3n) is 3.89. The number of hydrogen-bond acceptors (Lipinski definition) is 3. The van der Waals surface area contributed by atoms with E-state index in [0.717, 1.165) is 45.4 Å². The number of ether oxygens (including phenoxy) is 1. The zero-order valence-electron chi connectivity index (χ0n) is 11.1. The first-order chi connectivity index (χ1) is 8.25. The lowest BCUT2D eigenvalue weighted by Crippen LogP contribution is -2.50. The Morgan fingerprint density at radius 1 is 1.44 bits per heavy atom. The first-order valence-electron chi connectivity index (χ1n) is 6.87. The van der Waals surface area contributed by atoms with Crippen LogP contribution in [0.4, 0.5) is 0 Å². The molecule has 0 bridgehead atoms. The number of amides is 1. The smallest absolute Gasteiger partial charge is 0.220 e. The molecule has 0 aliphatic carbocycles. The summed E-state index contributed by atoms with van der Waals surface area (Å²) < 4.78 is 5.52. The number of hydrogen-bond donors (Lipinski definition) is 2. The molecular formula is C13H25ClN2O2. The van der Waals surface area contributed by atoms with Crippen molar-refractivity contribution in [2.45, 2.75) is 51.2 Å². The fraction of sp³-hybridized carbons (Fsp3) is 0.923. The van der Waals surface area contributed by atoms with Crippen LogP contribution in [0.25, 0.3) is 0 Å². The van der Waals surface area contributed by atoms with Gasteiger partial charge in [0, 0.05) is 25.6 Å². The molecule has 106 valence electrons. The highest BCUT2D eigenvalue weighted by Gasteiger charge is 2.23. The molecule has 5 heteroatoms. The Morgan fingerprint density at radius 2 is 2.28 bits per heavy atom. The van der Waals surface area contributed by atoms with Crippen LogP contribution in [0.1, 0.15) is 39.0 Å². The van der Waals surface area contributed by atoms with Crippen LogP contribution in [0.15, 0.2) is 0 Å². The number of halogens is 1. The molecule has 2 N–H and O–H groups in total. The van der Waals surface area contributed by atoms with Crippen molar-refractivity contribution < 1.29 is 9.53 Å². The molecule has 0 spiro atoms. The Morgan fingerprint density at radius 3 is 2.94 bits per heavy atom. The average molecular weight is 277 g/mol. The largest absolute Gasteiger partial charge is 0.378 e. The molecule has 2 heterocycles. The van der Waals surface area contributed by atoms with Crippen molar-refractivity contribution in [2.24, 2.45) is 5.92 Å². The quantitative estimate of drug-likeness (QED) is 0.818. The van der Waals surface area contributed by atoms with Gasteiger partial charge in [-0.3, -0.25) is 4.79 Å². The molecule has 0 aromatic heterocycles. The average Bonchev–Trinajstić information content (AvgIpc) is 2.82. The van der Waals surface area contributed by atoms with Crippen LogP contribution in [0.5, 0.6) is 0 Å². The molecule has 3 atom stereocenters. The maximum absolute atomic E-state index is 11.8. The van der Waals surface area contributed by atoms with E-state index in [4.69, 9.17) is 4.74 Å². The second-order valence-corrected chi connectivity index (χ2v) is 5.32. The van der Waals surface area contributed by atoms with Crippen molar-refractivity contribution in [1.82, 2.24) is 10.6 Å². The van der Waals surface area contributed by atoms with Crippen molar-refractivity contribution in [2.75, 3.05) is 19.7 Å². The van der Waals surface area contributed by atoms with Crippen molar-refractivity contribution in [1.29, 1.82) is 0 Å². The van der Waals surface area contributed by atoms with Crippen LogP contribution in [0.3, 0.4) is 0 Å². The lowest BCUT2D eigenvalue weighted by atomic mass is 9.94. The van der Waals surface area contributed by atoms with Gasteiger partial charge in [0.05, 0.1) is 6.10 Å². The van der Waals surface area contributed by atoms with E-state index >= 15 is 0 Å². The SMILES string of the molecule is CC1CCNCC1NC(=O)CCC1CCCO1.Cl. The van der Waals surface area contributed by atoms with Gasteiger partial charge in [-0.2, -0.15) is 0 Å². The Bertz CT molecular complexity index is 257. The van der Waals surface area contributed by atoms with Gasteiger partial charge >= 0.3 is 0 Å². The molecule has 4 nitrogen and oxygen atoms in total. The van der Waals surface area contributed by atoms with E-state index in [1.807, 2.05) is 0 Å². The third kappa shape index (κ3) is 4.75. The van der Waals surface area contributed by atoms with Crippen LogP contribution in [0, 0.1) is 5.92 Å². The summed E-state index contributed by atoms with van der Waals surface area (Å²) >= 11 is 0. The lowest BCUT2D eigenvalue weighted by molar-refractivity contribution is -0.122. The molecule has 0 aromatic rings. The molecule has 2 saturated heterocycles. The minimum absolute atomic E-state index is 0. The van der Waals surface area contributed by atoms with E-state index in [1.165, 1.54) is 0 Å². The maximum atomic E-state index is 11.8. The highest BCUT2D eigenvalue weighted by atomic mass is 35.5. The Hall–Kier alpha value is -0.320. The first-order valence-corrected chi connectivity index (χ1v) is 6.87. The summed E-state index contributed by atoms with van der Waals surface area (Å²) in [4.78, 5) is 11.8. The van der Waals surface area contributed by atoms with Crippen molar-refractivity contribution in [3.05, 3.63) is 0 Å². The minimum Gasteiger partial charge on any atom is -0.378 e. The topological polar surface area (TPSA) is 50.4 Å². The fourth-order valence-corrected chi connectivity index (χ4v) is 2.63. The van der Waals surface area contributed by atoms with E-state index in [-0.39, 0.29) is 18.3 Å². The molecule has 1 amide bonds. The van der Waals surface area contributed by atoms with Gasteiger partial charge in [0.2, 0.25) is 5.91 Å². The van der Waals surface area contributed by atoms with E-state index in [2.05, 4.69) is 17.6 Å². The number of carbonyl (C=O) groups excluding carboxylic acids is 1. The van der Waals surface area contributed by atoms with E-state index in [1.54, 1.807) is 0 Å². The molecular weight excluding hydrogens is 252 g/mol. The van der Waals surface area contributed by atoms with E-state index < -0.39 is 0 Å². The number of piperidine rings is 1.